The molecule has 3 rings (SSSR count). The number of halogens is 4. The van der Waals surface area contributed by atoms with E-state index in [-0.39, 0.29) is 38.7 Å². The summed E-state index contributed by atoms with van der Waals surface area (Å²) in [5.74, 6) is -3.39. The number of esters is 1. The molecule has 0 aliphatic heterocycles. The summed E-state index contributed by atoms with van der Waals surface area (Å²) in [7, 11) is 1.28. The van der Waals surface area contributed by atoms with Crippen LogP contribution in [0.3, 0.4) is 0 Å². The zero-order valence-corrected chi connectivity index (χ0v) is 24.3. The van der Waals surface area contributed by atoms with Gasteiger partial charge in [0.05, 0.1) is 36.4 Å². The van der Waals surface area contributed by atoms with Gasteiger partial charge in [-0.1, -0.05) is 18.5 Å². The van der Waals surface area contributed by atoms with Gasteiger partial charge in [-0.25, -0.2) is 4.79 Å². The monoisotopic (exact) mass is 603 g/mol. The fourth-order valence-electron chi connectivity index (χ4n) is 4.05. The van der Waals surface area contributed by atoms with Gasteiger partial charge in [-0.05, 0) is 69.7 Å². The van der Waals surface area contributed by atoms with Crippen molar-refractivity contribution in [3.05, 3.63) is 81.2 Å². The smallest absolute Gasteiger partial charge is 0.391 e. The number of amides is 1. The maximum absolute atomic E-state index is 13.6. The molecule has 0 aliphatic carbocycles. The van der Waals surface area contributed by atoms with Crippen molar-refractivity contribution in [3.8, 4) is 22.9 Å². The van der Waals surface area contributed by atoms with E-state index in [0.717, 1.165) is 23.8 Å². The number of methoxy groups -OCH3 is 1. The van der Waals surface area contributed by atoms with Gasteiger partial charge < -0.3 is 14.8 Å². The minimum Gasteiger partial charge on any atom is -0.495 e. The lowest BCUT2D eigenvalue weighted by Gasteiger charge is -2.25. The molecule has 8 nitrogen and oxygen atoms in total. The highest BCUT2D eigenvalue weighted by Gasteiger charge is 2.39. The Balaban J connectivity index is 2.02. The number of aromatic nitrogens is 1. The van der Waals surface area contributed by atoms with Crippen LogP contribution in [0.25, 0.3) is 11.1 Å². The fraction of sp³-hybridized carbons (Fsp3) is 0.333. The Morgan fingerprint density at radius 2 is 1.71 bits per heavy atom. The lowest BCUT2D eigenvalue weighted by atomic mass is 9.98. The first-order chi connectivity index (χ1) is 19.5. The second kappa shape index (κ2) is 12.7. The number of anilines is 1. The van der Waals surface area contributed by atoms with Crippen molar-refractivity contribution in [2.24, 2.45) is 5.92 Å². The Hall–Kier alpha value is -4.30. The number of hydrogen-bond donors (Lipinski definition) is 1. The van der Waals surface area contributed by atoms with Gasteiger partial charge in [0.2, 0.25) is 5.91 Å². The van der Waals surface area contributed by atoms with Crippen molar-refractivity contribution in [2.75, 3.05) is 12.4 Å². The number of nitriles is 1. The van der Waals surface area contributed by atoms with Gasteiger partial charge in [0.15, 0.2) is 0 Å². The Kier molecular flexibility index (Phi) is 9.74. The molecule has 1 aromatic heterocycles. The van der Waals surface area contributed by atoms with Crippen LogP contribution in [-0.2, 0) is 9.53 Å². The van der Waals surface area contributed by atoms with Crippen LogP contribution in [0.4, 0.5) is 18.9 Å². The minimum atomic E-state index is -4.64. The molecular formula is C30H29ClF3N3O5. The third kappa shape index (κ3) is 7.91. The number of nitrogens with one attached hydrogen (secondary N) is 1. The normalized spacial score (nSPS) is 13.0. The van der Waals surface area contributed by atoms with E-state index in [4.69, 9.17) is 21.1 Å². The van der Waals surface area contributed by atoms with Crippen LogP contribution in [0.15, 0.2) is 59.5 Å². The average molecular weight is 604 g/mol. The van der Waals surface area contributed by atoms with Gasteiger partial charge in [0, 0.05) is 27.9 Å². The first-order valence-electron chi connectivity index (χ1n) is 12.7. The lowest BCUT2D eigenvalue weighted by molar-refractivity contribution is -0.173. The van der Waals surface area contributed by atoms with Crippen LogP contribution in [0.1, 0.15) is 56.1 Å². The van der Waals surface area contributed by atoms with E-state index in [1.54, 1.807) is 20.8 Å². The first-order valence-corrected chi connectivity index (χ1v) is 13.1. The number of nitrogens with zero attached hydrogens (tertiary/aromatic N) is 2. The fourth-order valence-corrected chi connectivity index (χ4v) is 4.22. The van der Waals surface area contributed by atoms with Crippen LogP contribution < -0.4 is 15.6 Å². The van der Waals surface area contributed by atoms with E-state index in [1.807, 2.05) is 6.07 Å². The molecule has 1 heterocycles. The van der Waals surface area contributed by atoms with Crippen LogP contribution in [0, 0.1) is 17.2 Å². The Morgan fingerprint density at radius 3 is 2.26 bits per heavy atom. The standard InChI is InChI=1S/C30H29ClF3N3O5/c1-17(30(32,33)34)12-24(27(39)36-21-10-7-18(8-11-21)28(40)42-29(2,3)4)37-16-25(41-5)23(14-26(37)38)22-13-20(31)9-6-19(22)15-35/h6-11,13-14,16-17,24H,12H2,1-5H3,(H,36,39). The predicted molar refractivity (Wildman–Crippen MR) is 152 cm³/mol. The van der Waals surface area contributed by atoms with Gasteiger partial charge >= 0.3 is 12.1 Å². The molecule has 0 saturated carbocycles. The summed E-state index contributed by atoms with van der Waals surface area (Å²) in [4.78, 5) is 39.0. The van der Waals surface area contributed by atoms with Crippen molar-refractivity contribution in [1.29, 1.82) is 5.26 Å². The zero-order chi connectivity index (χ0) is 31.4. The molecule has 3 aromatic rings. The van der Waals surface area contributed by atoms with Crippen molar-refractivity contribution < 1.29 is 32.2 Å². The molecule has 2 atom stereocenters. The van der Waals surface area contributed by atoms with E-state index in [2.05, 4.69) is 5.32 Å². The molecule has 0 spiro atoms. The predicted octanol–water partition coefficient (Wildman–Crippen LogP) is 6.77. The summed E-state index contributed by atoms with van der Waals surface area (Å²) in [5.41, 5.74) is -0.488. The van der Waals surface area contributed by atoms with E-state index < -0.39 is 47.6 Å². The van der Waals surface area contributed by atoms with Crippen LogP contribution >= 0.6 is 11.6 Å². The highest BCUT2D eigenvalue weighted by molar-refractivity contribution is 6.31. The Labute approximate surface area is 245 Å². The summed E-state index contributed by atoms with van der Waals surface area (Å²) < 4.78 is 52.3. The van der Waals surface area contributed by atoms with Crippen LogP contribution in [-0.4, -0.2) is 35.3 Å². The number of alkyl halides is 3. The van der Waals surface area contributed by atoms with E-state index in [0.29, 0.717) is 0 Å². The number of rotatable bonds is 8. The van der Waals surface area contributed by atoms with E-state index in [9.17, 15) is 32.8 Å². The maximum atomic E-state index is 13.6. The first kappa shape index (κ1) is 32.2. The SMILES string of the molecule is COc1cn(C(CC(C)C(F)(F)F)C(=O)Nc2ccc(C(=O)OC(C)(C)C)cc2)c(=O)cc1-c1cc(Cl)ccc1C#N. The number of pyridine rings is 1. The van der Waals surface area contributed by atoms with Gasteiger partial charge in [-0.3, -0.25) is 14.2 Å². The van der Waals surface area contributed by atoms with Gasteiger partial charge in [-0.15, -0.1) is 0 Å². The van der Waals surface area contributed by atoms with Crippen molar-refractivity contribution in [3.63, 3.8) is 0 Å². The number of hydrogen-bond acceptors (Lipinski definition) is 6. The van der Waals surface area contributed by atoms with Crippen molar-refractivity contribution in [2.45, 2.75) is 51.9 Å². The topological polar surface area (TPSA) is 110 Å². The molecule has 12 heteroatoms. The van der Waals surface area contributed by atoms with Gasteiger partial charge in [-0.2, -0.15) is 18.4 Å². The molecule has 42 heavy (non-hydrogen) atoms. The summed E-state index contributed by atoms with van der Waals surface area (Å²) in [5, 5.41) is 12.3. The molecule has 1 amide bonds. The molecule has 0 radical (unpaired) electrons. The minimum absolute atomic E-state index is 0.0348. The average Bonchev–Trinajstić information content (AvgIpc) is 2.90. The maximum Gasteiger partial charge on any atom is 0.391 e. The molecule has 0 fully saturated rings. The zero-order valence-electron chi connectivity index (χ0n) is 23.5. The highest BCUT2D eigenvalue weighted by atomic mass is 35.5. The molecule has 222 valence electrons. The number of ether oxygens (including phenoxy) is 2. The molecule has 0 saturated heterocycles. The summed E-state index contributed by atoms with van der Waals surface area (Å²) in [6.07, 6.45) is -4.25. The summed E-state index contributed by atoms with van der Waals surface area (Å²) >= 11 is 6.10. The molecular weight excluding hydrogens is 575 g/mol. The lowest BCUT2D eigenvalue weighted by Crippen LogP contribution is -2.36. The summed E-state index contributed by atoms with van der Waals surface area (Å²) in [6.45, 7) is 6.05. The number of benzene rings is 2. The van der Waals surface area contributed by atoms with Crippen molar-refractivity contribution >= 4 is 29.2 Å². The largest absolute Gasteiger partial charge is 0.495 e. The van der Waals surface area contributed by atoms with E-state index in [1.165, 1.54) is 49.6 Å². The van der Waals surface area contributed by atoms with Crippen LogP contribution in [0.5, 0.6) is 5.75 Å². The third-order valence-electron chi connectivity index (χ3n) is 6.22. The summed E-state index contributed by atoms with van der Waals surface area (Å²) in [6, 6.07) is 11.5. The highest BCUT2D eigenvalue weighted by Crippen LogP contribution is 2.36. The third-order valence-corrected chi connectivity index (χ3v) is 6.45. The molecule has 1 N–H and O–H groups in total. The quantitative estimate of drug-likeness (QED) is 0.284. The molecule has 2 aromatic carbocycles. The number of carbonyl (C=O) groups is 2. The van der Waals surface area contributed by atoms with Gasteiger partial charge in [0.25, 0.3) is 5.56 Å². The number of carbonyl (C=O) groups excluding carboxylic acids is 2. The molecule has 0 aliphatic rings. The van der Waals surface area contributed by atoms with Crippen LogP contribution in [0.2, 0.25) is 5.02 Å². The van der Waals surface area contributed by atoms with E-state index >= 15 is 0 Å². The Morgan fingerprint density at radius 1 is 1.07 bits per heavy atom. The Bertz CT molecular complexity index is 1570. The van der Waals surface area contributed by atoms with Gasteiger partial charge in [0.1, 0.15) is 17.4 Å². The molecule has 2 unspecified atom stereocenters. The second-order valence-corrected chi connectivity index (χ2v) is 11.0. The molecule has 0 bridgehead atoms. The van der Waals surface area contributed by atoms with Crippen molar-refractivity contribution in [1.82, 2.24) is 4.57 Å². The second-order valence-electron chi connectivity index (χ2n) is 10.6.